The van der Waals surface area contributed by atoms with E-state index >= 15 is 0 Å². The van der Waals surface area contributed by atoms with E-state index in [0.717, 1.165) is 0 Å². The van der Waals surface area contributed by atoms with Gasteiger partial charge in [0, 0.05) is 12.6 Å². The van der Waals surface area contributed by atoms with E-state index in [9.17, 15) is 4.79 Å². The first-order valence-electron chi connectivity index (χ1n) is 4.24. The Morgan fingerprint density at radius 3 is 2.92 bits per heavy atom. The Hall–Kier alpha value is -1.45. The largest absolute Gasteiger partial charge is 0.311 e. The molecule has 0 bridgehead atoms. The van der Waals surface area contributed by atoms with Crippen LogP contribution in [-0.2, 0) is 4.79 Å². The number of anilines is 1. The van der Waals surface area contributed by atoms with E-state index in [2.05, 4.69) is 15.3 Å². The summed E-state index contributed by atoms with van der Waals surface area (Å²) in [7, 11) is 0. The number of hydrogen-bond acceptors (Lipinski definition) is 3. The molecule has 0 aliphatic heterocycles. The van der Waals surface area contributed by atoms with Gasteiger partial charge in [0.15, 0.2) is 0 Å². The fourth-order valence-corrected chi connectivity index (χ4v) is 0.929. The maximum absolute atomic E-state index is 11.3. The average molecular weight is 179 g/mol. The summed E-state index contributed by atoms with van der Waals surface area (Å²) < 4.78 is 0. The van der Waals surface area contributed by atoms with Gasteiger partial charge in [0.1, 0.15) is 12.1 Å². The second-order valence-electron chi connectivity index (χ2n) is 3.24. The van der Waals surface area contributed by atoms with E-state index in [4.69, 9.17) is 0 Å². The van der Waals surface area contributed by atoms with Gasteiger partial charge in [0.25, 0.3) is 0 Å². The normalized spacial score (nSPS) is 10.1. The zero-order chi connectivity index (χ0) is 9.68. The van der Waals surface area contributed by atoms with Crippen molar-refractivity contribution < 1.29 is 4.79 Å². The van der Waals surface area contributed by atoms with E-state index < -0.39 is 0 Å². The molecule has 0 saturated carbocycles. The lowest BCUT2D eigenvalue weighted by Gasteiger charge is -2.05. The highest BCUT2D eigenvalue weighted by Crippen LogP contribution is 2.03. The second kappa shape index (κ2) is 4.54. The first kappa shape index (κ1) is 9.64. The zero-order valence-electron chi connectivity index (χ0n) is 7.82. The highest BCUT2D eigenvalue weighted by molar-refractivity contribution is 5.89. The van der Waals surface area contributed by atoms with Crippen LogP contribution in [0.1, 0.15) is 20.3 Å². The van der Waals surface area contributed by atoms with Crippen LogP contribution in [0.2, 0.25) is 0 Å². The highest BCUT2D eigenvalue weighted by Gasteiger charge is 2.04. The molecule has 4 heteroatoms. The van der Waals surface area contributed by atoms with Crippen LogP contribution >= 0.6 is 0 Å². The molecular weight excluding hydrogens is 166 g/mol. The Morgan fingerprint density at radius 2 is 2.38 bits per heavy atom. The number of nitrogens with one attached hydrogen (secondary N) is 1. The van der Waals surface area contributed by atoms with Crippen LogP contribution in [-0.4, -0.2) is 15.9 Å². The molecule has 70 valence electrons. The van der Waals surface area contributed by atoms with Gasteiger partial charge in [-0.2, -0.15) is 0 Å². The lowest BCUT2D eigenvalue weighted by atomic mass is 10.1. The van der Waals surface area contributed by atoms with Gasteiger partial charge in [0.05, 0.1) is 0 Å². The van der Waals surface area contributed by atoms with Crippen molar-refractivity contribution in [1.82, 2.24) is 9.97 Å². The molecule has 0 aliphatic rings. The van der Waals surface area contributed by atoms with E-state index in [1.54, 1.807) is 12.3 Å². The topological polar surface area (TPSA) is 54.9 Å². The van der Waals surface area contributed by atoms with Crippen LogP contribution in [0.4, 0.5) is 5.82 Å². The summed E-state index contributed by atoms with van der Waals surface area (Å²) in [6.45, 7) is 4.00. The van der Waals surface area contributed by atoms with Gasteiger partial charge in [-0.1, -0.05) is 13.8 Å². The van der Waals surface area contributed by atoms with Gasteiger partial charge in [-0.25, -0.2) is 9.97 Å². The van der Waals surface area contributed by atoms with E-state index in [0.29, 0.717) is 18.2 Å². The molecule has 0 radical (unpaired) electrons. The molecule has 1 aromatic rings. The summed E-state index contributed by atoms with van der Waals surface area (Å²) in [5.41, 5.74) is 0. The zero-order valence-corrected chi connectivity index (χ0v) is 7.82. The van der Waals surface area contributed by atoms with Gasteiger partial charge < -0.3 is 5.32 Å². The van der Waals surface area contributed by atoms with Crippen LogP contribution in [0.3, 0.4) is 0 Å². The number of nitrogens with zero attached hydrogens (tertiary/aromatic N) is 2. The lowest BCUT2D eigenvalue weighted by molar-refractivity contribution is -0.116. The van der Waals surface area contributed by atoms with Gasteiger partial charge in [-0.05, 0) is 12.0 Å². The standard InChI is InChI=1S/C9H13N3O/c1-7(2)5-9(13)12-8-3-4-10-6-11-8/h3-4,6-7H,5H2,1-2H3,(H,10,11,12,13). The molecule has 0 spiro atoms. The molecule has 4 nitrogen and oxygen atoms in total. The predicted octanol–water partition coefficient (Wildman–Crippen LogP) is 1.46. The van der Waals surface area contributed by atoms with Crippen molar-refractivity contribution in [2.75, 3.05) is 5.32 Å². The maximum atomic E-state index is 11.3. The molecule has 13 heavy (non-hydrogen) atoms. The van der Waals surface area contributed by atoms with Crippen molar-refractivity contribution in [3.8, 4) is 0 Å². The summed E-state index contributed by atoms with van der Waals surface area (Å²) in [6.07, 6.45) is 3.52. The molecule has 0 aromatic carbocycles. The average Bonchev–Trinajstić information content (AvgIpc) is 2.04. The van der Waals surface area contributed by atoms with E-state index in [-0.39, 0.29) is 5.91 Å². The molecular formula is C9H13N3O. The Morgan fingerprint density at radius 1 is 1.62 bits per heavy atom. The highest BCUT2D eigenvalue weighted by atomic mass is 16.1. The minimum atomic E-state index is -0.00583. The van der Waals surface area contributed by atoms with Gasteiger partial charge >= 0.3 is 0 Å². The summed E-state index contributed by atoms with van der Waals surface area (Å²) in [5, 5.41) is 2.68. The van der Waals surface area contributed by atoms with Crippen molar-refractivity contribution >= 4 is 11.7 Å². The smallest absolute Gasteiger partial charge is 0.225 e. The molecule has 0 atom stereocenters. The molecule has 0 saturated heterocycles. The van der Waals surface area contributed by atoms with Crippen LogP contribution in [0, 0.1) is 5.92 Å². The molecule has 1 rings (SSSR count). The Bertz CT molecular complexity index is 271. The number of hydrogen-bond donors (Lipinski definition) is 1. The first-order chi connectivity index (χ1) is 6.18. The van der Waals surface area contributed by atoms with Crippen molar-refractivity contribution in [2.45, 2.75) is 20.3 Å². The van der Waals surface area contributed by atoms with Crippen LogP contribution < -0.4 is 5.32 Å². The van der Waals surface area contributed by atoms with Crippen molar-refractivity contribution in [1.29, 1.82) is 0 Å². The monoisotopic (exact) mass is 179 g/mol. The molecule has 0 unspecified atom stereocenters. The number of carbonyl (C=O) groups is 1. The lowest BCUT2D eigenvalue weighted by Crippen LogP contribution is -2.14. The van der Waals surface area contributed by atoms with Gasteiger partial charge in [-0.15, -0.1) is 0 Å². The van der Waals surface area contributed by atoms with E-state index in [1.165, 1.54) is 6.33 Å². The van der Waals surface area contributed by atoms with Crippen LogP contribution in [0.25, 0.3) is 0 Å². The van der Waals surface area contributed by atoms with Gasteiger partial charge in [-0.3, -0.25) is 4.79 Å². The van der Waals surface area contributed by atoms with Crippen LogP contribution in [0.5, 0.6) is 0 Å². The molecule has 1 heterocycles. The van der Waals surface area contributed by atoms with Crippen LogP contribution in [0.15, 0.2) is 18.6 Å². The number of rotatable bonds is 3. The Labute approximate surface area is 77.4 Å². The summed E-state index contributed by atoms with van der Waals surface area (Å²) >= 11 is 0. The number of amides is 1. The minimum absolute atomic E-state index is 0.00583. The first-order valence-corrected chi connectivity index (χ1v) is 4.24. The third-order valence-electron chi connectivity index (χ3n) is 1.44. The molecule has 0 aliphatic carbocycles. The van der Waals surface area contributed by atoms with Crippen molar-refractivity contribution in [3.63, 3.8) is 0 Å². The number of aromatic nitrogens is 2. The van der Waals surface area contributed by atoms with Crippen molar-refractivity contribution in [2.24, 2.45) is 5.92 Å². The fraction of sp³-hybridized carbons (Fsp3) is 0.444. The molecule has 1 aromatic heterocycles. The fourth-order valence-electron chi connectivity index (χ4n) is 0.929. The molecule has 0 fully saturated rings. The second-order valence-corrected chi connectivity index (χ2v) is 3.24. The predicted molar refractivity (Wildman–Crippen MR) is 50.1 cm³/mol. The number of carbonyl (C=O) groups excluding carboxylic acids is 1. The Kier molecular flexibility index (Phi) is 3.37. The minimum Gasteiger partial charge on any atom is -0.311 e. The van der Waals surface area contributed by atoms with Crippen molar-refractivity contribution in [3.05, 3.63) is 18.6 Å². The quantitative estimate of drug-likeness (QED) is 0.764. The summed E-state index contributed by atoms with van der Waals surface area (Å²) in [5.74, 6) is 0.913. The third-order valence-corrected chi connectivity index (χ3v) is 1.44. The maximum Gasteiger partial charge on any atom is 0.225 e. The van der Waals surface area contributed by atoms with E-state index in [1.807, 2.05) is 13.8 Å². The third kappa shape index (κ3) is 3.64. The molecule has 1 N–H and O–H groups in total. The summed E-state index contributed by atoms with van der Waals surface area (Å²) in [6, 6.07) is 1.66. The Balaban J connectivity index is 2.46. The molecule has 1 amide bonds. The SMILES string of the molecule is CC(C)CC(=O)Nc1ccncn1. The van der Waals surface area contributed by atoms with Gasteiger partial charge in [0.2, 0.25) is 5.91 Å². The summed E-state index contributed by atoms with van der Waals surface area (Å²) in [4.78, 5) is 18.9.